The summed E-state index contributed by atoms with van der Waals surface area (Å²) in [5.41, 5.74) is 0.528. The molecule has 2 aliphatic rings. The Morgan fingerprint density at radius 2 is 2.12 bits per heavy atom. The fourth-order valence-electron chi connectivity index (χ4n) is 3.33. The lowest BCUT2D eigenvalue weighted by Gasteiger charge is -2.28. The van der Waals surface area contributed by atoms with Gasteiger partial charge in [0.05, 0.1) is 30.0 Å². The van der Waals surface area contributed by atoms with Gasteiger partial charge < -0.3 is 9.64 Å². The van der Waals surface area contributed by atoms with Crippen LogP contribution in [0.15, 0.2) is 18.2 Å². The first-order valence-electron chi connectivity index (χ1n) is 7.94. The van der Waals surface area contributed by atoms with Crippen LogP contribution in [0.5, 0.6) is 0 Å². The van der Waals surface area contributed by atoms with Gasteiger partial charge in [0, 0.05) is 26.1 Å². The van der Waals surface area contributed by atoms with Crippen LogP contribution in [0.25, 0.3) is 10.9 Å². The molecule has 2 aromatic rings. The summed E-state index contributed by atoms with van der Waals surface area (Å²) in [7, 11) is 0. The van der Waals surface area contributed by atoms with E-state index in [9.17, 15) is 14.0 Å². The van der Waals surface area contributed by atoms with Crippen molar-refractivity contribution in [3.8, 4) is 0 Å². The number of hydrogen-bond donors (Lipinski definition) is 1. The molecule has 0 saturated carbocycles. The number of carbonyl (C=O) groups is 2. The average Bonchev–Trinajstić information content (AvgIpc) is 3.19. The highest BCUT2D eigenvalue weighted by molar-refractivity contribution is 6.05. The molecule has 1 atom stereocenters. The van der Waals surface area contributed by atoms with Crippen LogP contribution in [0, 0.1) is 11.7 Å². The number of nitrogens with zero attached hydrogens (tertiary/aromatic N) is 3. The standard InChI is InChI=1S/C16H17FN4O3/c17-11-2-1-3-12-14(11)15(19-18-12)21-9-10(8-13(21)22)16(23)20-4-6-24-7-5-20/h1-3,10H,4-9H2,(H,18,19)/t10-/m0/s1. The summed E-state index contributed by atoms with van der Waals surface area (Å²) in [6, 6.07) is 4.61. The largest absolute Gasteiger partial charge is 0.378 e. The van der Waals surface area contributed by atoms with E-state index in [1.165, 1.54) is 11.0 Å². The summed E-state index contributed by atoms with van der Waals surface area (Å²) in [6.45, 7) is 2.35. The van der Waals surface area contributed by atoms with Crippen molar-refractivity contribution < 1.29 is 18.7 Å². The summed E-state index contributed by atoms with van der Waals surface area (Å²) in [6.07, 6.45) is 0.124. The zero-order valence-electron chi connectivity index (χ0n) is 13.0. The molecule has 1 aromatic carbocycles. The summed E-state index contributed by atoms with van der Waals surface area (Å²) in [4.78, 5) is 28.1. The lowest BCUT2D eigenvalue weighted by atomic mass is 10.1. The van der Waals surface area contributed by atoms with Crippen LogP contribution in [0.3, 0.4) is 0 Å². The first-order chi connectivity index (χ1) is 11.6. The van der Waals surface area contributed by atoms with Gasteiger partial charge in [-0.1, -0.05) is 6.07 Å². The maximum absolute atomic E-state index is 14.1. The van der Waals surface area contributed by atoms with Crippen LogP contribution in [-0.2, 0) is 14.3 Å². The Balaban J connectivity index is 1.58. The molecular formula is C16H17FN4O3. The summed E-state index contributed by atoms with van der Waals surface area (Å²) in [5.74, 6) is -0.862. The van der Waals surface area contributed by atoms with Crippen molar-refractivity contribution in [2.45, 2.75) is 6.42 Å². The summed E-state index contributed by atoms with van der Waals surface area (Å²) in [5, 5.41) is 7.11. The third kappa shape index (κ3) is 2.43. The van der Waals surface area contributed by atoms with Crippen molar-refractivity contribution in [1.29, 1.82) is 0 Å². The zero-order valence-corrected chi connectivity index (χ0v) is 13.0. The lowest BCUT2D eigenvalue weighted by Crippen LogP contribution is -2.44. The van der Waals surface area contributed by atoms with Crippen LogP contribution >= 0.6 is 0 Å². The third-order valence-corrected chi connectivity index (χ3v) is 4.57. The Morgan fingerprint density at radius 1 is 1.33 bits per heavy atom. The van der Waals surface area contributed by atoms with E-state index in [1.54, 1.807) is 17.0 Å². The first-order valence-corrected chi connectivity index (χ1v) is 7.94. The molecule has 126 valence electrons. The molecule has 0 radical (unpaired) electrons. The van der Waals surface area contributed by atoms with E-state index >= 15 is 0 Å². The van der Waals surface area contributed by atoms with Gasteiger partial charge in [-0.05, 0) is 12.1 Å². The van der Waals surface area contributed by atoms with Gasteiger partial charge >= 0.3 is 0 Å². The molecule has 2 saturated heterocycles. The molecule has 0 aliphatic carbocycles. The van der Waals surface area contributed by atoms with E-state index in [0.29, 0.717) is 31.8 Å². The second-order valence-corrected chi connectivity index (χ2v) is 6.05. The van der Waals surface area contributed by atoms with Crippen LogP contribution in [0.4, 0.5) is 10.2 Å². The average molecular weight is 332 g/mol. The number of rotatable bonds is 2. The van der Waals surface area contributed by atoms with Crippen molar-refractivity contribution in [3.63, 3.8) is 0 Å². The number of amides is 2. The van der Waals surface area contributed by atoms with Gasteiger partial charge in [0.15, 0.2) is 5.82 Å². The molecule has 4 rings (SSSR count). The van der Waals surface area contributed by atoms with Gasteiger partial charge in [-0.2, -0.15) is 5.10 Å². The smallest absolute Gasteiger partial charge is 0.229 e. The number of halogens is 1. The minimum Gasteiger partial charge on any atom is -0.378 e. The van der Waals surface area contributed by atoms with Gasteiger partial charge in [0.25, 0.3) is 0 Å². The zero-order chi connectivity index (χ0) is 16.7. The molecule has 0 unspecified atom stereocenters. The topological polar surface area (TPSA) is 78.5 Å². The number of benzene rings is 1. The molecule has 24 heavy (non-hydrogen) atoms. The van der Waals surface area contributed by atoms with E-state index in [1.807, 2.05) is 0 Å². The number of aromatic nitrogens is 2. The highest BCUT2D eigenvalue weighted by Gasteiger charge is 2.39. The molecule has 7 nitrogen and oxygen atoms in total. The second kappa shape index (κ2) is 5.86. The molecule has 1 N–H and O–H groups in total. The van der Waals surface area contributed by atoms with E-state index in [2.05, 4.69) is 10.2 Å². The Labute approximate surface area is 137 Å². The molecule has 0 bridgehead atoms. The fourth-order valence-corrected chi connectivity index (χ4v) is 3.33. The van der Waals surface area contributed by atoms with Crippen molar-refractivity contribution in [2.24, 2.45) is 5.92 Å². The first kappa shape index (κ1) is 15.1. The molecule has 2 fully saturated rings. The van der Waals surface area contributed by atoms with Gasteiger partial charge in [-0.3, -0.25) is 19.6 Å². The van der Waals surface area contributed by atoms with Gasteiger partial charge in [0.1, 0.15) is 5.82 Å². The van der Waals surface area contributed by atoms with Gasteiger partial charge in [0.2, 0.25) is 11.8 Å². The molecule has 1 aromatic heterocycles. The number of nitrogens with one attached hydrogen (secondary N) is 1. The quantitative estimate of drug-likeness (QED) is 0.887. The van der Waals surface area contributed by atoms with Crippen LogP contribution in [0.2, 0.25) is 0 Å². The third-order valence-electron chi connectivity index (χ3n) is 4.57. The minimum absolute atomic E-state index is 0.0468. The van der Waals surface area contributed by atoms with E-state index in [4.69, 9.17) is 4.74 Å². The molecule has 3 heterocycles. The van der Waals surface area contributed by atoms with Crippen LogP contribution < -0.4 is 4.90 Å². The number of ether oxygens (including phenoxy) is 1. The molecular weight excluding hydrogens is 315 g/mol. The number of carbonyl (C=O) groups excluding carboxylic acids is 2. The van der Waals surface area contributed by atoms with Gasteiger partial charge in [-0.25, -0.2) is 4.39 Å². The minimum atomic E-state index is -0.438. The predicted octanol–water partition coefficient (Wildman–Crippen LogP) is 0.914. The highest BCUT2D eigenvalue weighted by atomic mass is 19.1. The van der Waals surface area contributed by atoms with E-state index in [-0.39, 0.29) is 36.0 Å². The second-order valence-electron chi connectivity index (χ2n) is 6.05. The Kier molecular flexibility index (Phi) is 3.68. The van der Waals surface area contributed by atoms with Crippen molar-refractivity contribution in [1.82, 2.24) is 15.1 Å². The predicted molar refractivity (Wildman–Crippen MR) is 83.9 cm³/mol. The van der Waals surface area contributed by atoms with E-state index in [0.717, 1.165) is 0 Å². The molecule has 2 amide bonds. The number of aromatic amines is 1. The Morgan fingerprint density at radius 3 is 2.92 bits per heavy atom. The van der Waals surface area contributed by atoms with Crippen molar-refractivity contribution in [2.75, 3.05) is 37.7 Å². The molecule has 0 spiro atoms. The summed E-state index contributed by atoms with van der Waals surface area (Å²) >= 11 is 0. The van der Waals surface area contributed by atoms with Crippen LogP contribution in [0.1, 0.15) is 6.42 Å². The summed E-state index contributed by atoms with van der Waals surface area (Å²) < 4.78 is 19.4. The van der Waals surface area contributed by atoms with Crippen molar-refractivity contribution >= 4 is 28.5 Å². The number of H-pyrrole nitrogens is 1. The maximum Gasteiger partial charge on any atom is 0.229 e. The number of hydrogen-bond acceptors (Lipinski definition) is 4. The molecule has 8 heteroatoms. The number of anilines is 1. The fraction of sp³-hybridized carbons (Fsp3) is 0.438. The van der Waals surface area contributed by atoms with Gasteiger partial charge in [-0.15, -0.1) is 0 Å². The SMILES string of the molecule is O=C([C@H]1CC(=O)N(c2n[nH]c3cccc(F)c23)C1)N1CCOCC1. The normalized spacial score (nSPS) is 21.7. The number of morpholine rings is 1. The monoisotopic (exact) mass is 332 g/mol. The highest BCUT2D eigenvalue weighted by Crippen LogP contribution is 2.31. The van der Waals surface area contributed by atoms with Crippen molar-refractivity contribution in [3.05, 3.63) is 24.0 Å². The molecule has 2 aliphatic heterocycles. The van der Waals surface area contributed by atoms with E-state index < -0.39 is 11.7 Å². The Hall–Kier alpha value is -2.48. The maximum atomic E-state index is 14.1. The lowest BCUT2D eigenvalue weighted by molar-refractivity contribution is -0.139. The van der Waals surface area contributed by atoms with Crippen LogP contribution in [-0.4, -0.2) is 59.8 Å². The Bertz CT molecular complexity index is 800. The number of fused-ring (bicyclic) bond motifs is 1.